The smallest absolute Gasteiger partial charge is 0.254 e. The van der Waals surface area contributed by atoms with E-state index in [9.17, 15) is 0 Å². The molecule has 0 aliphatic heterocycles. The van der Waals surface area contributed by atoms with Gasteiger partial charge in [-0.05, 0) is 5.16 Å². The van der Waals surface area contributed by atoms with Crippen LogP contribution in [-0.4, -0.2) is 11.8 Å². The number of hydrogen-bond donors (Lipinski definition) is 0. The molecule has 0 amide bonds. The largest absolute Gasteiger partial charge is 0.471 e. The minimum Gasteiger partial charge on any atom is -0.471 e. The Morgan fingerprint density at radius 3 is 2.31 bits per heavy atom. The molecule has 0 N–H and O–H groups in total. The maximum absolute atomic E-state index is 5.11. The van der Waals surface area contributed by atoms with E-state index in [4.69, 9.17) is 9.26 Å². The van der Waals surface area contributed by atoms with Crippen molar-refractivity contribution in [1.82, 2.24) is 5.16 Å². The van der Waals surface area contributed by atoms with E-state index in [1.54, 1.807) is 12.1 Å². The highest BCUT2D eigenvalue weighted by Gasteiger charge is 2.00. The van der Waals surface area contributed by atoms with Crippen molar-refractivity contribution in [3.8, 4) is 5.88 Å². The molecule has 0 bridgehead atoms. The van der Waals surface area contributed by atoms with Crippen LogP contribution in [0.15, 0.2) is 23.2 Å². The third kappa shape index (κ3) is 9.31. The fourth-order valence-electron chi connectivity index (χ4n) is 0.673. The van der Waals surface area contributed by atoms with E-state index < -0.39 is 0 Å². The second kappa shape index (κ2) is 13.8. The lowest BCUT2D eigenvalue weighted by Crippen LogP contribution is -1.91. The summed E-state index contributed by atoms with van der Waals surface area (Å²) in [6.07, 6.45) is 3.75. The van der Waals surface area contributed by atoms with Crippen molar-refractivity contribution in [1.29, 1.82) is 0 Å². The van der Waals surface area contributed by atoms with Gasteiger partial charge in [0.15, 0.2) is 0 Å². The molecule has 0 fully saturated rings. The Kier molecular flexibility index (Phi) is 14.7. The Bertz CT molecular complexity index is 244. The molecule has 0 aliphatic carbocycles. The number of aromatic nitrogens is 1. The summed E-state index contributed by atoms with van der Waals surface area (Å²) in [6, 6.07) is 1.78. The van der Waals surface area contributed by atoms with Gasteiger partial charge in [-0.2, -0.15) is 0 Å². The van der Waals surface area contributed by atoms with E-state index in [-0.39, 0.29) is 0 Å². The summed E-state index contributed by atoms with van der Waals surface area (Å²) in [5.41, 5.74) is 0. The van der Waals surface area contributed by atoms with Crippen molar-refractivity contribution in [3.63, 3.8) is 0 Å². The molecule has 0 saturated carbocycles. The van der Waals surface area contributed by atoms with Crippen molar-refractivity contribution >= 4 is 0 Å². The second-order valence-electron chi connectivity index (χ2n) is 2.79. The third-order valence-corrected chi connectivity index (χ3v) is 1.23. The van der Waals surface area contributed by atoms with Crippen LogP contribution in [-0.2, 0) is 6.42 Å². The lowest BCUT2D eigenvalue weighted by Gasteiger charge is -1.92. The maximum Gasteiger partial charge on any atom is 0.254 e. The lowest BCUT2D eigenvalue weighted by molar-refractivity contribution is 0.303. The highest BCUT2D eigenvalue weighted by atomic mass is 16.5. The summed E-state index contributed by atoms with van der Waals surface area (Å²) in [5.74, 6) is 1.37. The Morgan fingerprint density at radius 1 is 1.38 bits per heavy atom. The maximum atomic E-state index is 5.11. The van der Waals surface area contributed by atoms with E-state index in [0.29, 0.717) is 12.5 Å². The zero-order valence-corrected chi connectivity index (χ0v) is 11.2. The van der Waals surface area contributed by atoms with E-state index in [1.807, 2.05) is 20.8 Å². The summed E-state index contributed by atoms with van der Waals surface area (Å²) in [5, 5.41) is 3.68. The molecule has 0 unspecified atom stereocenters. The molecular formula is C13H25NO2. The molecule has 0 aromatic carbocycles. The van der Waals surface area contributed by atoms with E-state index in [2.05, 4.69) is 25.6 Å². The monoisotopic (exact) mass is 227 g/mol. The predicted molar refractivity (Wildman–Crippen MR) is 68.9 cm³/mol. The molecule has 0 saturated heterocycles. The lowest BCUT2D eigenvalue weighted by atomic mass is 10.4. The van der Waals surface area contributed by atoms with Crippen molar-refractivity contribution in [2.45, 2.75) is 47.5 Å². The Hall–Kier alpha value is -1.25. The highest BCUT2D eigenvalue weighted by molar-refractivity contribution is 5.10. The van der Waals surface area contributed by atoms with Crippen molar-refractivity contribution in [3.05, 3.63) is 24.5 Å². The van der Waals surface area contributed by atoms with Gasteiger partial charge in [0.05, 0.1) is 0 Å². The van der Waals surface area contributed by atoms with Gasteiger partial charge in [0, 0.05) is 12.5 Å². The van der Waals surface area contributed by atoms with Gasteiger partial charge < -0.3 is 9.26 Å². The van der Waals surface area contributed by atoms with Gasteiger partial charge in [-0.25, -0.2) is 0 Å². The van der Waals surface area contributed by atoms with Gasteiger partial charge in [-0.3, -0.25) is 0 Å². The Morgan fingerprint density at radius 2 is 1.94 bits per heavy atom. The number of aryl methyl sites for hydroxylation is 1. The summed E-state index contributed by atoms with van der Waals surface area (Å²) in [4.78, 5) is 0. The molecule has 16 heavy (non-hydrogen) atoms. The minimum absolute atomic E-state index is 0.468. The molecule has 0 spiro atoms. The molecule has 1 heterocycles. The molecule has 3 nitrogen and oxygen atoms in total. The van der Waals surface area contributed by atoms with Crippen LogP contribution in [0.4, 0.5) is 0 Å². The Balaban J connectivity index is 0. The number of hydrogen-bond acceptors (Lipinski definition) is 3. The molecular weight excluding hydrogens is 202 g/mol. The fraction of sp³-hybridized carbons (Fsp3) is 0.615. The van der Waals surface area contributed by atoms with Gasteiger partial charge in [0.2, 0.25) is 0 Å². The Labute approximate surface area is 99.5 Å². The molecule has 0 atom stereocenters. The number of rotatable bonds is 4. The van der Waals surface area contributed by atoms with Gasteiger partial charge in [0.25, 0.3) is 5.88 Å². The van der Waals surface area contributed by atoms with Crippen LogP contribution in [0.25, 0.3) is 0 Å². The van der Waals surface area contributed by atoms with Crippen molar-refractivity contribution in [2.24, 2.45) is 0 Å². The van der Waals surface area contributed by atoms with E-state index in [0.717, 1.165) is 12.2 Å². The minimum atomic E-state index is 0.468. The quantitative estimate of drug-likeness (QED) is 0.721. The first-order chi connectivity index (χ1) is 7.78. The number of nitrogens with zero attached hydrogens (tertiary/aromatic N) is 1. The molecule has 1 aromatic rings. The summed E-state index contributed by atoms with van der Waals surface area (Å²) in [6.45, 7) is 14.2. The standard InChI is InChI=1S/C8H11NO2.C3H8.C2H6/c1-3-5-10-8-6-7(4-2)11-9-8;1-3-2;1-2/h3,6H,1,4-5H2,2H3;3H2,1-2H3;1-2H3. The van der Waals surface area contributed by atoms with Crippen LogP contribution in [0.2, 0.25) is 0 Å². The molecule has 1 rings (SSSR count). The first kappa shape index (κ1) is 17.2. The first-order valence-electron chi connectivity index (χ1n) is 5.97. The average molecular weight is 227 g/mol. The number of ether oxygens (including phenoxy) is 1. The SMILES string of the molecule is C=CCOc1cc(CC)on1.CC.CCC. The van der Waals surface area contributed by atoms with Crippen LogP contribution in [0.3, 0.4) is 0 Å². The zero-order valence-electron chi connectivity index (χ0n) is 11.2. The van der Waals surface area contributed by atoms with Gasteiger partial charge in [-0.1, -0.05) is 53.7 Å². The average Bonchev–Trinajstić information content (AvgIpc) is 2.78. The summed E-state index contributed by atoms with van der Waals surface area (Å²) < 4.78 is 10.0. The topological polar surface area (TPSA) is 35.3 Å². The van der Waals surface area contributed by atoms with Gasteiger partial charge >= 0.3 is 0 Å². The van der Waals surface area contributed by atoms with Crippen molar-refractivity contribution < 1.29 is 9.26 Å². The van der Waals surface area contributed by atoms with Crippen LogP contribution in [0.1, 0.15) is 46.8 Å². The van der Waals surface area contributed by atoms with Crippen LogP contribution in [0.5, 0.6) is 5.88 Å². The molecule has 0 aliphatic rings. The summed E-state index contributed by atoms with van der Waals surface area (Å²) in [7, 11) is 0. The predicted octanol–water partition coefficient (Wildman–Crippen LogP) is 4.24. The molecule has 1 aromatic heterocycles. The highest BCUT2D eigenvalue weighted by Crippen LogP contribution is 2.10. The molecule has 94 valence electrons. The van der Waals surface area contributed by atoms with Crippen LogP contribution >= 0.6 is 0 Å². The molecule has 3 heteroatoms. The fourth-order valence-corrected chi connectivity index (χ4v) is 0.673. The zero-order chi connectivity index (χ0) is 12.8. The van der Waals surface area contributed by atoms with Gasteiger partial charge in [-0.15, -0.1) is 0 Å². The first-order valence-corrected chi connectivity index (χ1v) is 5.97. The third-order valence-electron chi connectivity index (χ3n) is 1.23. The van der Waals surface area contributed by atoms with Gasteiger partial charge in [0.1, 0.15) is 12.4 Å². The normalized spacial score (nSPS) is 8.06. The van der Waals surface area contributed by atoms with E-state index >= 15 is 0 Å². The van der Waals surface area contributed by atoms with Crippen molar-refractivity contribution in [2.75, 3.05) is 6.61 Å². The van der Waals surface area contributed by atoms with Crippen LogP contribution < -0.4 is 4.74 Å². The summed E-state index contributed by atoms with van der Waals surface area (Å²) >= 11 is 0. The van der Waals surface area contributed by atoms with E-state index in [1.165, 1.54) is 6.42 Å². The van der Waals surface area contributed by atoms with Crippen LogP contribution in [0, 0.1) is 0 Å². The second-order valence-corrected chi connectivity index (χ2v) is 2.79. The molecule has 0 radical (unpaired) electrons.